The number of rotatable bonds is 6. The van der Waals surface area contributed by atoms with E-state index < -0.39 is 0 Å². The van der Waals surface area contributed by atoms with E-state index in [-0.39, 0.29) is 5.56 Å². The van der Waals surface area contributed by atoms with Crippen molar-refractivity contribution in [3.63, 3.8) is 0 Å². The van der Waals surface area contributed by atoms with Crippen molar-refractivity contribution in [1.29, 1.82) is 0 Å². The minimum atomic E-state index is -0.197. The van der Waals surface area contributed by atoms with Crippen LogP contribution in [0.15, 0.2) is 45.8 Å². The van der Waals surface area contributed by atoms with Crippen molar-refractivity contribution in [2.24, 2.45) is 0 Å². The zero-order valence-electron chi connectivity index (χ0n) is 12.5. The van der Waals surface area contributed by atoms with Crippen molar-refractivity contribution in [3.8, 4) is 5.75 Å². The third-order valence-electron chi connectivity index (χ3n) is 3.45. The predicted octanol–water partition coefficient (Wildman–Crippen LogP) is 3.29. The molecule has 0 saturated heterocycles. The Labute approximate surface area is 127 Å². The molecule has 0 unspecified atom stereocenters. The summed E-state index contributed by atoms with van der Waals surface area (Å²) in [6, 6.07) is 9.17. The lowest BCUT2D eigenvalue weighted by molar-refractivity contribution is 0.308. The van der Waals surface area contributed by atoms with Crippen molar-refractivity contribution in [1.82, 2.24) is 10.2 Å². The summed E-state index contributed by atoms with van der Waals surface area (Å²) in [6.45, 7) is 2.80. The second kappa shape index (κ2) is 6.47. The topological polar surface area (TPSA) is 68.1 Å². The Bertz CT molecular complexity index is 800. The van der Waals surface area contributed by atoms with Gasteiger partial charge in [-0.3, -0.25) is 4.79 Å². The molecule has 0 aliphatic rings. The quantitative estimate of drug-likeness (QED) is 0.709. The van der Waals surface area contributed by atoms with Crippen LogP contribution in [0.5, 0.6) is 5.75 Å². The predicted molar refractivity (Wildman–Crippen MR) is 84.3 cm³/mol. The molecule has 0 atom stereocenters. The monoisotopic (exact) mass is 298 g/mol. The van der Waals surface area contributed by atoms with Crippen LogP contribution in [0.3, 0.4) is 0 Å². The van der Waals surface area contributed by atoms with E-state index in [0.29, 0.717) is 13.0 Å². The fourth-order valence-electron chi connectivity index (χ4n) is 2.33. The average molecular weight is 298 g/mol. The van der Waals surface area contributed by atoms with E-state index in [1.807, 2.05) is 12.1 Å². The summed E-state index contributed by atoms with van der Waals surface area (Å²) in [5, 5.41) is 7.51. The number of unbranched alkanes of at least 4 members (excludes halogenated alkanes) is 1. The summed E-state index contributed by atoms with van der Waals surface area (Å²) in [5.41, 5.74) is 2.45. The molecule has 0 aliphatic carbocycles. The highest BCUT2D eigenvalue weighted by atomic mass is 16.5. The third-order valence-corrected chi connectivity index (χ3v) is 3.45. The number of ether oxygens (including phenoxy) is 1. The zero-order chi connectivity index (χ0) is 15.4. The number of H-pyrrole nitrogens is 1. The van der Waals surface area contributed by atoms with E-state index in [4.69, 9.17) is 9.15 Å². The minimum Gasteiger partial charge on any atom is -0.490 e. The van der Waals surface area contributed by atoms with Crippen molar-refractivity contribution in [2.75, 3.05) is 6.61 Å². The van der Waals surface area contributed by atoms with Crippen molar-refractivity contribution >= 4 is 11.0 Å². The van der Waals surface area contributed by atoms with Gasteiger partial charge in [-0.25, -0.2) is 5.10 Å². The van der Waals surface area contributed by atoms with Gasteiger partial charge < -0.3 is 9.15 Å². The smallest absolute Gasteiger partial charge is 0.264 e. The summed E-state index contributed by atoms with van der Waals surface area (Å²) < 4.78 is 11.4. The molecule has 0 aliphatic heterocycles. The molecule has 2 heterocycles. The molecule has 1 N–H and O–H groups in total. The Hall–Kier alpha value is -2.56. The molecule has 114 valence electrons. The van der Waals surface area contributed by atoms with Gasteiger partial charge in [0.05, 0.1) is 18.6 Å². The van der Waals surface area contributed by atoms with E-state index in [9.17, 15) is 4.79 Å². The highest BCUT2D eigenvalue weighted by molar-refractivity contribution is 5.84. The van der Waals surface area contributed by atoms with Crippen LogP contribution in [-0.2, 0) is 6.42 Å². The maximum atomic E-state index is 11.1. The molecule has 0 spiro atoms. The number of hydrogen-bond donors (Lipinski definition) is 1. The molecule has 3 aromatic rings. The first-order valence-corrected chi connectivity index (χ1v) is 7.44. The molecule has 22 heavy (non-hydrogen) atoms. The van der Waals surface area contributed by atoms with E-state index in [1.54, 1.807) is 12.3 Å². The van der Waals surface area contributed by atoms with E-state index in [2.05, 4.69) is 23.2 Å². The lowest BCUT2D eigenvalue weighted by Gasteiger charge is -2.08. The van der Waals surface area contributed by atoms with Gasteiger partial charge in [-0.15, -0.1) is 0 Å². The first-order valence-electron chi connectivity index (χ1n) is 7.44. The second-order valence-electron chi connectivity index (χ2n) is 5.22. The van der Waals surface area contributed by atoms with Crippen molar-refractivity contribution in [2.45, 2.75) is 26.2 Å². The Morgan fingerprint density at radius 1 is 1.27 bits per heavy atom. The molecule has 0 amide bonds. The van der Waals surface area contributed by atoms with E-state index in [0.717, 1.165) is 40.8 Å². The molecule has 0 bridgehead atoms. The first-order chi connectivity index (χ1) is 10.8. The molecular formula is C17H18N2O3. The van der Waals surface area contributed by atoms with Gasteiger partial charge in [-0.1, -0.05) is 13.3 Å². The Kier molecular flexibility index (Phi) is 4.23. The van der Waals surface area contributed by atoms with Crippen LogP contribution in [0.4, 0.5) is 0 Å². The summed E-state index contributed by atoms with van der Waals surface area (Å²) in [7, 11) is 0. The first kappa shape index (κ1) is 14.4. The number of aromatic nitrogens is 2. The maximum Gasteiger partial charge on any atom is 0.264 e. The van der Waals surface area contributed by atoms with Crippen LogP contribution in [0.25, 0.3) is 11.0 Å². The molecular weight excluding hydrogens is 280 g/mol. The summed E-state index contributed by atoms with van der Waals surface area (Å²) in [4.78, 5) is 11.1. The van der Waals surface area contributed by atoms with Gasteiger partial charge in [0, 0.05) is 17.9 Å². The molecule has 0 fully saturated rings. The molecule has 5 heteroatoms. The van der Waals surface area contributed by atoms with Gasteiger partial charge in [-0.05, 0) is 36.2 Å². The number of benzene rings is 1. The van der Waals surface area contributed by atoms with Crippen LogP contribution in [-0.4, -0.2) is 16.8 Å². The molecule has 0 radical (unpaired) electrons. The summed E-state index contributed by atoms with van der Waals surface area (Å²) >= 11 is 0. The van der Waals surface area contributed by atoms with E-state index in [1.165, 1.54) is 6.07 Å². The third kappa shape index (κ3) is 3.19. The van der Waals surface area contributed by atoms with Gasteiger partial charge >= 0.3 is 0 Å². The maximum absolute atomic E-state index is 11.1. The van der Waals surface area contributed by atoms with Crippen LogP contribution < -0.4 is 10.3 Å². The SMILES string of the molecule is CCCCOc1cc(Cc2ccc(=O)[nH]n2)cc2ccoc12. The Balaban J connectivity index is 1.88. The van der Waals surface area contributed by atoms with Gasteiger partial charge in [0.1, 0.15) is 0 Å². The molecule has 3 rings (SSSR count). The second-order valence-corrected chi connectivity index (χ2v) is 5.22. The number of nitrogens with zero attached hydrogens (tertiary/aromatic N) is 1. The zero-order valence-corrected chi connectivity index (χ0v) is 12.5. The van der Waals surface area contributed by atoms with Crippen LogP contribution in [0, 0.1) is 0 Å². The summed E-state index contributed by atoms with van der Waals surface area (Å²) in [6.07, 6.45) is 4.39. The number of furan rings is 1. The summed E-state index contributed by atoms with van der Waals surface area (Å²) in [5.74, 6) is 0.760. The fraction of sp³-hybridized carbons (Fsp3) is 0.294. The molecule has 5 nitrogen and oxygen atoms in total. The van der Waals surface area contributed by atoms with Crippen LogP contribution in [0.1, 0.15) is 31.0 Å². The van der Waals surface area contributed by atoms with Crippen molar-refractivity contribution < 1.29 is 9.15 Å². The Morgan fingerprint density at radius 3 is 2.95 bits per heavy atom. The van der Waals surface area contributed by atoms with Crippen LogP contribution >= 0.6 is 0 Å². The largest absolute Gasteiger partial charge is 0.490 e. The molecule has 1 aromatic carbocycles. The van der Waals surface area contributed by atoms with Gasteiger partial charge in [0.15, 0.2) is 11.3 Å². The van der Waals surface area contributed by atoms with Crippen molar-refractivity contribution in [3.05, 3.63) is 58.2 Å². The van der Waals surface area contributed by atoms with Gasteiger partial charge in [-0.2, -0.15) is 5.10 Å². The number of aromatic amines is 1. The number of hydrogen-bond acceptors (Lipinski definition) is 4. The lowest BCUT2D eigenvalue weighted by Crippen LogP contribution is -2.07. The van der Waals surface area contributed by atoms with E-state index >= 15 is 0 Å². The molecule has 0 saturated carbocycles. The normalized spacial score (nSPS) is 11.0. The van der Waals surface area contributed by atoms with Gasteiger partial charge in [0.25, 0.3) is 5.56 Å². The standard InChI is InChI=1S/C17H18N2O3/c1-2-3-7-21-15-11-12(9-13-6-8-22-17(13)15)10-14-4-5-16(20)19-18-14/h4-6,8-9,11H,2-3,7,10H2,1H3,(H,19,20). The van der Waals surface area contributed by atoms with Gasteiger partial charge in [0.2, 0.25) is 0 Å². The highest BCUT2D eigenvalue weighted by Gasteiger charge is 2.09. The highest BCUT2D eigenvalue weighted by Crippen LogP contribution is 2.29. The molecule has 2 aromatic heterocycles. The number of nitrogens with one attached hydrogen (secondary N) is 1. The minimum absolute atomic E-state index is 0.197. The van der Waals surface area contributed by atoms with Crippen LogP contribution in [0.2, 0.25) is 0 Å². The lowest BCUT2D eigenvalue weighted by atomic mass is 10.1. The number of fused-ring (bicyclic) bond motifs is 1. The fourth-order valence-corrected chi connectivity index (χ4v) is 2.33. The average Bonchev–Trinajstić information content (AvgIpc) is 2.98. The Morgan fingerprint density at radius 2 is 2.18 bits per heavy atom.